The maximum atomic E-state index is 13.2. The Bertz CT molecular complexity index is 1260. The highest BCUT2D eigenvalue weighted by Crippen LogP contribution is 2.31. The van der Waals surface area contributed by atoms with Crippen molar-refractivity contribution in [3.63, 3.8) is 0 Å². The molecule has 0 spiro atoms. The van der Waals surface area contributed by atoms with Gasteiger partial charge in [-0.25, -0.2) is 12.4 Å². The summed E-state index contributed by atoms with van der Waals surface area (Å²) in [5, 5.41) is 13.2. The zero-order valence-electron chi connectivity index (χ0n) is 15.0. The van der Waals surface area contributed by atoms with Crippen LogP contribution < -0.4 is 4.73 Å². The fraction of sp³-hybridized carbons (Fsp3) is 0.0952. The van der Waals surface area contributed by atoms with Crippen LogP contribution in [-0.4, -0.2) is 12.4 Å². The summed E-state index contributed by atoms with van der Waals surface area (Å²) in [6.07, 6.45) is 1.53. The van der Waals surface area contributed by atoms with Gasteiger partial charge in [0, 0.05) is 30.6 Å². The molecule has 0 aliphatic rings. The number of hydrogen-bond acceptors (Lipinski definition) is 3. The predicted molar refractivity (Wildman–Crippen MR) is 105 cm³/mol. The Labute approximate surface area is 157 Å². The molecule has 0 atom stereocenters. The van der Waals surface area contributed by atoms with E-state index in [0.717, 1.165) is 10.3 Å². The van der Waals surface area contributed by atoms with E-state index in [0.29, 0.717) is 27.9 Å². The molecule has 0 N–H and O–H groups in total. The molecule has 0 fully saturated rings. The van der Waals surface area contributed by atoms with E-state index in [-0.39, 0.29) is 4.90 Å². The summed E-state index contributed by atoms with van der Waals surface area (Å²) in [6.45, 7) is 3.63. The highest BCUT2D eigenvalue weighted by Gasteiger charge is 2.24. The van der Waals surface area contributed by atoms with Crippen LogP contribution in [-0.2, 0) is 10.0 Å². The zero-order valence-corrected chi connectivity index (χ0v) is 15.8. The van der Waals surface area contributed by atoms with Crippen LogP contribution in [0.3, 0.4) is 0 Å². The Hall–Kier alpha value is -3.12. The molecule has 0 saturated carbocycles. The van der Waals surface area contributed by atoms with Crippen molar-refractivity contribution < 1.29 is 13.1 Å². The molecule has 0 saturated heterocycles. The molecule has 0 bridgehead atoms. The smallest absolute Gasteiger partial charge is 0.268 e. The molecule has 0 radical (unpaired) electrons. The van der Waals surface area contributed by atoms with Crippen molar-refractivity contribution in [2.24, 2.45) is 0 Å². The van der Waals surface area contributed by atoms with Gasteiger partial charge in [-0.2, -0.15) is 4.73 Å². The summed E-state index contributed by atoms with van der Waals surface area (Å²) < 4.78 is 28.5. The highest BCUT2D eigenvalue weighted by atomic mass is 32.2. The molecule has 4 aromatic rings. The van der Waals surface area contributed by atoms with Crippen LogP contribution in [0.15, 0.2) is 77.8 Å². The first-order valence-corrected chi connectivity index (χ1v) is 9.95. The largest absolute Gasteiger partial charge is 0.618 e. The van der Waals surface area contributed by atoms with Gasteiger partial charge in [-0.05, 0) is 31.2 Å². The second-order valence-corrected chi connectivity index (χ2v) is 8.34. The van der Waals surface area contributed by atoms with Gasteiger partial charge in [0.1, 0.15) is 0 Å². The standard InChI is InChI=1S/C21H18N2O3S/c1-15-10-12-17(13-11-15)27(25,26)22-14-19(18-7-3-4-8-20(18)22)21-9-5-6-16(2)23(21)24/h3-14H,1-2H3. The first kappa shape index (κ1) is 17.3. The van der Waals surface area contributed by atoms with Crippen molar-refractivity contribution in [2.45, 2.75) is 18.7 Å². The average molecular weight is 378 g/mol. The predicted octanol–water partition coefficient (Wildman–Crippen LogP) is 3.80. The van der Waals surface area contributed by atoms with Crippen molar-refractivity contribution >= 4 is 20.9 Å². The van der Waals surface area contributed by atoms with Crippen LogP contribution in [0.2, 0.25) is 0 Å². The minimum atomic E-state index is -3.79. The second-order valence-electron chi connectivity index (χ2n) is 6.52. The Kier molecular flexibility index (Phi) is 4.00. The van der Waals surface area contributed by atoms with Crippen LogP contribution >= 0.6 is 0 Å². The first-order valence-electron chi connectivity index (χ1n) is 8.51. The molecule has 6 heteroatoms. The molecule has 2 heterocycles. The van der Waals surface area contributed by atoms with Crippen LogP contribution in [0.25, 0.3) is 22.2 Å². The van der Waals surface area contributed by atoms with E-state index in [1.54, 1.807) is 61.5 Å². The monoisotopic (exact) mass is 378 g/mol. The number of pyridine rings is 1. The SMILES string of the molecule is Cc1ccc(S(=O)(=O)n2cc(-c3cccc(C)[n+]3[O-])c3ccccc32)cc1. The Balaban J connectivity index is 2.01. The van der Waals surface area contributed by atoms with Gasteiger partial charge in [0.2, 0.25) is 5.69 Å². The molecule has 2 aromatic heterocycles. The molecule has 0 aliphatic heterocycles. The zero-order chi connectivity index (χ0) is 19.2. The highest BCUT2D eigenvalue weighted by molar-refractivity contribution is 7.90. The number of para-hydroxylation sites is 1. The fourth-order valence-corrected chi connectivity index (χ4v) is 4.55. The molecule has 0 amide bonds. The molecule has 2 aromatic carbocycles. The maximum absolute atomic E-state index is 13.2. The van der Waals surface area contributed by atoms with E-state index in [1.807, 2.05) is 19.1 Å². The second kappa shape index (κ2) is 6.25. The number of fused-ring (bicyclic) bond motifs is 1. The van der Waals surface area contributed by atoms with E-state index in [2.05, 4.69) is 0 Å². The number of aryl methyl sites for hydroxylation is 2. The van der Waals surface area contributed by atoms with Crippen LogP contribution in [0, 0.1) is 19.1 Å². The maximum Gasteiger partial charge on any atom is 0.268 e. The molecule has 0 aliphatic carbocycles. The van der Waals surface area contributed by atoms with Gasteiger partial charge in [-0.3, -0.25) is 0 Å². The summed E-state index contributed by atoms with van der Waals surface area (Å²) >= 11 is 0. The van der Waals surface area contributed by atoms with Gasteiger partial charge < -0.3 is 5.21 Å². The van der Waals surface area contributed by atoms with E-state index in [9.17, 15) is 13.6 Å². The van der Waals surface area contributed by atoms with Crippen LogP contribution in [0.4, 0.5) is 0 Å². The molecule has 0 unspecified atom stereocenters. The summed E-state index contributed by atoms with van der Waals surface area (Å²) in [4.78, 5) is 0.208. The van der Waals surface area contributed by atoms with E-state index in [4.69, 9.17) is 0 Å². The normalized spacial score (nSPS) is 11.8. The fourth-order valence-electron chi connectivity index (χ4n) is 3.18. The minimum absolute atomic E-state index is 0.208. The van der Waals surface area contributed by atoms with Gasteiger partial charge in [0.15, 0.2) is 5.69 Å². The molecule has 4 rings (SSSR count). The molecule has 27 heavy (non-hydrogen) atoms. The van der Waals surface area contributed by atoms with E-state index in [1.165, 1.54) is 10.2 Å². The lowest BCUT2D eigenvalue weighted by Crippen LogP contribution is -2.32. The van der Waals surface area contributed by atoms with Crippen LogP contribution in [0.5, 0.6) is 0 Å². The van der Waals surface area contributed by atoms with Gasteiger partial charge >= 0.3 is 0 Å². The van der Waals surface area contributed by atoms with Crippen molar-refractivity contribution in [1.29, 1.82) is 0 Å². The van der Waals surface area contributed by atoms with Crippen molar-refractivity contribution in [1.82, 2.24) is 3.97 Å². The number of benzene rings is 2. The molecular weight excluding hydrogens is 360 g/mol. The third-order valence-corrected chi connectivity index (χ3v) is 6.35. The van der Waals surface area contributed by atoms with Gasteiger partial charge in [-0.15, -0.1) is 0 Å². The molecule has 136 valence electrons. The average Bonchev–Trinajstić information content (AvgIpc) is 3.05. The number of nitrogens with zero attached hydrogens (tertiary/aromatic N) is 2. The number of aromatic nitrogens is 2. The van der Waals surface area contributed by atoms with Crippen LogP contribution in [0.1, 0.15) is 11.3 Å². The first-order chi connectivity index (χ1) is 12.9. The van der Waals surface area contributed by atoms with Crippen molar-refractivity contribution in [3.8, 4) is 11.3 Å². The Morgan fingerprint density at radius 1 is 0.889 bits per heavy atom. The molecule has 5 nitrogen and oxygen atoms in total. The number of rotatable bonds is 3. The lowest BCUT2D eigenvalue weighted by Gasteiger charge is -2.07. The summed E-state index contributed by atoms with van der Waals surface area (Å²) in [5.74, 6) is 0. The van der Waals surface area contributed by atoms with Gasteiger partial charge in [-0.1, -0.05) is 35.9 Å². The lowest BCUT2D eigenvalue weighted by atomic mass is 10.1. The Morgan fingerprint density at radius 2 is 1.59 bits per heavy atom. The third-order valence-electron chi connectivity index (χ3n) is 4.66. The summed E-state index contributed by atoms with van der Waals surface area (Å²) in [6, 6.07) is 19.1. The van der Waals surface area contributed by atoms with E-state index < -0.39 is 10.0 Å². The van der Waals surface area contributed by atoms with Crippen molar-refractivity contribution in [3.05, 3.63) is 89.4 Å². The summed E-state index contributed by atoms with van der Waals surface area (Å²) in [7, 11) is -3.79. The quantitative estimate of drug-likeness (QED) is 0.402. The Morgan fingerprint density at radius 3 is 2.33 bits per heavy atom. The lowest BCUT2D eigenvalue weighted by molar-refractivity contribution is -0.600. The number of hydrogen-bond donors (Lipinski definition) is 0. The van der Waals surface area contributed by atoms with Gasteiger partial charge in [0.25, 0.3) is 10.0 Å². The van der Waals surface area contributed by atoms with Gasteiger partial charge in [0.05, 0.1) is 16.0 Å². The topological polar surface area (TPSA) is 66.0 Å². The summed E-state index contributed by atoms with van der Waals surface area (Å²) in [5.41, 5.74) is 3.07. The minimum Gasteiger partial charge on any atom is -0.618 e. The van der Waals surface area contributed by atoms with E-state index >= 15 is 0 Å². The van der Waals surface area contributed by atoms with Crippen molar-refractivity contribution in [2.75, 3.05) is 0 Å². The third kappa shape index (κ3) is 2.78. The molecular formula is C21H18N2O3S.